The Balaban J connectivity index is 1.53. The van der Waals surface area contributed by atoms with Gasteiger partial charge in [0.2, 0.25) is 5.82 Å². The van der Waals surface area contributed by atoms with Gasteiger partial charge in [-0.05, 0) is 37.1 Å². The lowest BCUT2D eigenvalue weighted by molar-refractivity contribution is 0.00192. The van der Waals surface area contributed by atoms with E-state index < -0.39 is 0 Å². The molecule has 1 aliphatic carbocycles. The Labute approximate surface area is 115 Å². The van der Waals surface area contributed by atoms with E-state index in [0.29, 0.717) is 24.4 Å². The number of rotatable bonds is 4. The van der Waals surface area contributed by atoms with Crippen LogP contribution < -0.4 is 5.73 Å². The number of hydrogen-bond acceptors (Lipinski definition) is 6. The SMILES string of the molecule is NC1CCC(OCc2nc(-c3ccsc3)no2)CC1. The van der Waals surface area contributed by atoms with E-state index in [4.69, 9.17) is 15.0 Å². The summed E-state index contributed by atoms with van der Waals surface area (Å²) in [7, 11) is 0. The Morgan fingerprint density at radius 2 is 2.21 bits per heavy atom. The fourth-order valence-electron chi connectivity index (χ4n) is 2.27. The van der Waals surface area contributed by atoms with Gasteiger partial charge in [-0.3, -0.25) is 0 Å². The lowest BCUT2D eigenvalue weighted by atomic mass is 9.94. The van der Waals surface area contributed by atoms with E-state index >= 15 is 0 Å². The topological polar surface area (TPSA) is 74.2 Å². The van der Waals surface area contributed by atoms with Gasteiger partial charge in [-0.2, -0.15) is 16.3 Å². The molecule has 1 fully saturated rings. The first-order chi connectivity index (χ1) is 9.31. The lowest BCUT2D eigenvalue weighted by Crippen LogP contribution is -2.30. The van der Waals surface area contributed by atoms with Crippen molar-refractivity contribution in [3.63, 3.8) is 0 Å². The number of thiophene rings is 1. The van der Waals surface area contributed by atoms with Gasteiger partial charge in [-0.25, -0.2) is 0 Å². The quantitative estimate of drug-likeness (QED) is 0.931. The third-order valence-corrected chi connectivity index (χ3v) is 4.09. The maximum absolute atomic E-state index is 5.87. The molecule has 0 aromatic carbocycles. The van der Waals surface area contributed by atoms with Crippen molar-refractivity contribution in [3.05, 3.63) is 22.7 Å². The minimum Gasteiger partial charge on any atom is -0.368 e. The smallest absolute Gasteiger partial charge is 0.252 e. The highest BCUT2D eigenvalue weighted by molar-refractivity contribution is 7.08. The summed E-state index contributed by atoms with van der Waals surface area (Å²) < 4.78 is 11.0. The zero-order valence-corrected chi connectivity index (χ0v) is 11.4. The summed E-state index contributed by atoms with van der Waals surface area (Å²) in [6, 6.07) is 2.32. The van der Waals surface area contributed by atoms with Crippen LogP contribution >= 0.6 is 11.3 Å². The predicted octanol–water partition coefficient (Wildman–Crippen LogP) is 2.58. The highest BCUT2D eigenvalue weighted by Crippen LogP contribution is 2.22. The number of hydrogen-bond donors (Lipinski definition) is 1. The average Bonchev–Trinajstić information content (AvgIpc) is 3.09. The molecule has 0 amide bonds. The molecule has 102 valence electrons. The molecule has 5 nitrogen and oxygen atoms in total. The van der Waals surface area contributed by atoms with Gasteiger partial charge in [-0.1, -0.05) is 5.16 Å². The Kier molecular flexibility index (Phi) is 3.91. The fourth-order valence-corrected chi connectivity index (χ4v) is 2.90. The van der Waals surface area contributed by atoms with E-state index in [1.165, 1.54) is 0 Å². The van der Waals surface area contributed by atoms with Crippen molar-refractivity contribution in [1.29, 1.82) is 0 Å². The molecule has 0 unspecified atom stereocenters. The van der Waals surface area contributed by atoms with Gasteiger partial charge in [0, 0.05) is 17.0 Å². The van der Waals surface area contributed by atoms with Crippen molar-refractivity contribution in [2.45, 2.75) is 44.4 Å². The molecule has 2 heterocycles. The monoisotopic (exact) mass is 279 g/mol. The second-order valence-corrected chi connectivity index (χ2v) is 5.65. The lowest BCUT2D eigenvalue weighted by Gasteiger charge is -2.25. The van der Waals surface area contributed by atoms with Crippen LogP contribution in [0.1, 0.15) is 31.6 Å². The fraction of sp³-hybridized carbons (Fsp3) is 0.538. The first-order valence-corrected chi connectivity index (χ1v) is 7.48. The van der Waals surface area contributed by atoms with Crippen LogP contribution in [0.25, 0.3) is 11.4 Å². The van der Waals surface area contributed by atoms with Gasteiger partial charge in [-0.15, -0.1) is 0 Å². The minimum absolute atomic E-state index is 0.274. The molecule has 0 radical (unpaired) electrons. The first kappa shape index (κ1) is 12.8. The van der Waals surface area contributed by atoms with Gasteiger partial charge >= 0.3 is 0 Å². The van der Waals surface area contributed by atoms with E-state index in [9.17, 15) is 0 Å². The van der Waals surface area contributed by atoms with E-state index in [2.05, 4.69) is 10.1 Å². The predicted molar refractivity (Wildman–Crippen MR) is 72.6 cm³/mol. The summed E-state index contributed by atoms with van der Waals surface area (Å²) >= 11 is 1.62. The van der Waals surface area contributed by atoms with Crippen molar-refractivity contribution in [2.24, 2.45) is 5.73 Å². The molecule has 1 saturated carbocycles. The summed E-state index contributed by atoms with van der Waals surface area (Å²) in [5.41, 5.74) is 6.86. The Morgan fingerprint density at radius 1 is 1.37 bits per heavy atom. The molecule has 6 heteroatoms. The molecule has 0 bridgehead atoms. The molecule has 3 rings (SSSR count). The number of ether oxygens (including phenoxy) is 1. The molecule has 19 heavy (non-hydrogen) atoms. The van der Waals surface area contributed by atoms with Gasteiger partial charge < -0.3 is 15.0 Å². The molecular formula is C13H17N3O2S. The highest BCUT2D eigenvalue weighted by atomic mass is 32.1. The van der Waals surface area contributed by atoms with Crippen LogP contribution in [-0.4, -0.2) is 22.3 Å². The normalized spacial score (nSPS) is 23.6. The second-order valence-electron chi connectivity index (χ2n) is 4.87. The maximum atomic E-state index is 5.87. The minimum atomic E-state index is 0.274. The molecule has 2 aromatic heterocycles. The largest absolute Gasteiger partial charge is 0.368 e. The van der Waals surface area contributed by atoms with Gasteiger partial charge in [0.25, 0.3) is 5.89 Å². The van der Waals surface area contributed by atoms with Crippen molar-refractivity contribution in [1.82, 2.24) is 10.1 Å². The third kappa shape index (κ3) is 3.20. The Hall–Kier alpha value is -1.24. The molecule has 2 N–H and O–H groups in total. The number of aromatic nitrogens is 2. The zero-order chi connectivity index (χ0) is 13.1. The molecule has 0 spiro atoms. The van der Waals surface area contributed by atoms with Crippen LogP contribution in [0, 0.1) is 0 Å². The average molecular weight is 279 g/mol. The summed E-state index contributed by atoms with van der Waals surface area (Å²) in [4.78, 5) is 4.33. The molecule has 2 aromatic rings. The van der Waals surface area contributed by atoms with Crippen LogP contribution in [0.3, 0.4) is 0 Å². The van der Waals surface area contributed by atoms with Gasteiger partial charge in [0.1, 0.15) is 6.61 Å². The summed E-state index contributed by atoms with van der Waals surface area (Å²) in [5, 5.41) is 7.95. The summed E-state index contributed by atoms with van der Waals surface area (Å²) in [6.07, 6.45) is 4.39. The first-order valence-electron chi connectivity index (χ1n) is 6.53. The number of nitrogens with two attached hydrogens (primary N) is 1. The van der Waals surface area contributed by atoms with Crippen molar-refractivity contribution < 1.29 is 9.26 Å². The van der Waals surface area contributed by atoms with Crippen LogP contribution in [-0.2, 0) is 11.3 Å². The molecule has 0 aliphatic heterocycles. The molecule has 0 atom stereocenters. The van der Waals surface area contributed by atoms with Crippen LogP contribution in [0.15, 0.2) is 21.3 Å². The van der Waals surface area contributed by atoms with Crippen molar-refractivity contribution in [2.75, 3.05) is 0 Å². The number of nitrogens with zero attached hydrogens (tertiary/aromatic N) is 2. The second kappa shape index (κ2) is 5.81. The van der Waals surface area contributed by atoms with Crippen molar-refractivity contribution >= 4 is 11.3 Å². The zero-order valence-electron chi connectivity index (χ0n) is 10.6. The van der Waals surface area contributed by atoms with Crippen molar-refractivity contribution in [3.8, 4) is 11.4 Å². The molecule has 1 aliphatic rings. The van der Waals surface area contributed by atoms with Gasteiger partial charge in [0.05, 0.1) is 6.10 Å². The van der Waals surface area contributed by atoms with Crippen LogP contribution in [0.2, 0.25) is 0 Å². The van der Waals surface area contributed by atoms with E-state index in [0.717, 1.165) is 31.2 Å². The molecule has 0 saturated heterocycles. The summed E-state index contributed by atoms with van der Waals surface area (Å²) in [6.45, 7) is 0.386. The molecular weight excluding hydrogens is 262 g/mol. The standard InChI is InChI=1S/C13H17N3O2S/c14-10-1-3-11(4-2-10)17-7-12-15-13(16-18-12)9-5-6-19-8-9/h5-6,8,10-11H,1-4,7,14H2. The Bertz CT molecular complexity index is 504. The van der Waals surface area contributed by atoms with E-state index in [1.54, 1.807) is 11.3 Å². The third-order valence-electron chi connectivity index (χ3n) is 3.41. The van der Waals surface area contributed by atoms with Crippen LogP contribution in [0.5, 0.6) is 0 Å². The summed E-state index contributed by atoms with van der Waals surface area (Å²) in [5.74, 6) is 1.17. The highest BCUT2D eigenvalue weighted by Gasteiger charge is 2.20. The van der Waals surface area contributed by atoms with Crippen LogP contribution in [0.4, 0.5) is 0 Å². The Morgan fingerprint density at radius 3 is 2.95 bits per heavy atom. The van der Waals surface area contributed by atoms with Gasteiger partial charge in [0.15, 0.2) is 0 Å². The maximum Gasteiger partial charge on any atom is 0.252 e. The van der Waals surface area contributed by atoms with E-state index in [1.807, 2.05) is 16.8 Å². The van der Waals surface area contributed by atoms with E-state index in [-0.39, 0.29) is 6.10 Å².